The Morgan fingerprint density at radius 3 is 2.45 bits per heavy atom. The molecule has 0 heterocycles. The van der Waals surface area contributed by atoms with Crippen molar-refractivity contribution >= 4 is 28.6 Å². The van der Waals surface area contributed by atoms with Crippen molar-refractivity contribution in [3.05, 3.63) is 62.7 Å². The number of rotatable bonds is 4. The van der Waals surface area contributed by atoms with E-state index in [-0.39, 0.29) is 23.5 Å². The maximum atomic E-state index is 13.4. The van der Waals surface area contributed by atoms with E-state index in [9.17, 15) is 13.6 Å². The van der Waals surface area contributed by atoms with Crippen molar-refractivity contribution in [1.29, 1.82) is 0 Å². The highest BCUT2D eigenvalue weighted by molar-refractivity contribution is 14.1. The maximum absolute atomic E-state index is 13.4. The van der Waals surface area contributed by atoms with Crippen molar-refractivity contribution in [3.8, 4) is 5.75 Å². The summed E-state index contributed by atoms with van der Waals surface area (Å²) in [5.74, 6) is -2.55. The molecule has 20 heavy (non-hydrogen) atoms. The van der Waals surface area contributed by atoms with Crippen molar-refractivity contribution in [3.63, 3.8) is 0 Å². The minimum absolute atomic E-state index is 0.0475. The van der Waals surface area contributed by atoms with Crippen LogP contribution in [0.25, 0.3) is 0 Å². The Morgan fingerprint density at radius 1 is 1.20 bits per heavy atom. The summed E-state index contributed by atoms with van der Waals surface area (Å²) in [6.07, 6.45) is 0. The zero-order chi connectivity index (χ0) is 14.7. The first kappa shape index (κ1) is 14.7. The smallest absolute Gasteiger partial charge is 0.339 e. The molecule has 1 N–H and O–H groups in total. The summed E-state index contributed by atoms with van der Waals surface area (Å²) in [5, 5.41) is 9.06. The van der Waals surface area contributed by atoms with E-state index in [1.807, 2.05) is 22.6 Å². The van der Waals surface area contributed by atoms with Gasteiger partial charge in [-0.3, -0.25) is 0 Å². The second-order valence-corrected chi connectivity index (χ2v) is 5.18. The summed E-state index contributed by atoms with van der Waals surface area (Å²) < 4.78 is 32.8. The average molecular weight is 390 g/mol. The van der Waals surface area contributed by atoms with E-state index in [1.165, 1.54) is 18.2 Å². The molecule has 0 aliphatic carbocycles. The van der Waals surface area contributed by atoms with Gasteiger partial charge in [-0.05, 0) is 52.9 Å². The molecule has 3 nitrogen and oxygen atoms in total. The SMILES string of the molecule is O=C(O)c1cc(I)ccc1OCc1c(F)cccc1F. The minimum atomic E-state index is -1.16. The lowest BCUT2D eigenvalue weighted by Gasteiger charge is -2.10. The molecule has 2 aromatic carbocycles. The lowest BCUT2D eigenvalue weighted by Crippen LogP contribution is -2.06. The molecule has 104 valence electrons. The number of hydrogen-bond donors (Lipinski definition) is 1. The molecule has 0 atom stereocenters. The van der Waals surface area contributed by atoms with Gasteiger partial charge in [0.2, 0.25) is 0 Å². The molecule has 0 amide bonds. The number of hydrogen-bond acceptors (Lipinski definition) is 2. The lowest BCUT2D eigenvalue weighted by atomic mass is 10.2. The lowest BCUT2D eigenvalue weighted by molar-refractivity contribution is 0.0691. The molecule has 0 aromatic heterocycles. The van der Waals surface area contributed by atoms with Crippen LogP contribution in [-0.2, 0) is 6.61 Å². The fourth-order valence-electron chi connectivity index (χ4n) is 1.62. The number of ether oxygens (including phenoxy) is 1. The Kier molecular flexibility index (Phi) is 4.53. The summed E-state index contributed by atoms with van der Waals surface area (Å²) >= 11 is 1.97. The molecular formula is C14H9F2IO3. The van der Waals surface area contributed by atoms with Gasteiger partial charge in [0.05, 0.1) is 5.56 Å². The Bertz CT molecular complexity index is 639. The summed E-state index contributed by atoms with van der Waals surface area (Å²) in [5.41, 5.74) is -0.281. The van der Waals surface area contributed by atoms with Gasteiger partial charge in [0.1, 0.15) is 29.6 Å². The average Bonchev–Trinajstić information content (AvgIpc) is 2.39. The van der Waals surface area contributed by atoms with Crippen molar-refractivity contribution in [2.75, 3.05) is 0 Å². The first-order valence-corrected chi connectivity index (χ1v) is 6.65. The van der Waals surface area contributed by atoms with E-state index in [0.717, 1.165) is 15.7 Å². The molecule has 0 radical (unpaired) electrons. The van der Waals surface area contributed by atoms with Crippen LogP contribution < -0.4 is 4.74 Å². The maximum Gasteiger partial charge on any atom is 0.339 e. The van der Waals surface area contributed by atoms with Crippen LogP contribution in [0, 0.1) is 15.2 Å². The third kappa shape index (κ3) is 3.24. The molecule has 0 bridgehead atoms. The standard InChI is InChI=1S/C14H9F2IO3/c15-11-2-1-3-12(16)10(11)7-20-13-5-4-8(17)6-9(13)14(18)19/h1-6H,7H2,(H,18,19). The highest BCUT2D eigenvalue weighted by Gasteiger charge is 2.14. The van der Waals surface area contributed by atoms with Gasteiger partial charge < -0.3 is 9.84 Å². The van der Waals surface area contributed by atoms with Crippen molar-refractivity contribution in [2.45, 2.75) is 6.61 Å². The second kappa shape index (κ2) is 6.17. The largest absolute Gasteiger partial charge is 0.488 e. The van der Waals surface area contributed by atoms with Crippen LogP contribution in [0.5, 0.6) is 5.75 Å². The zero-order valence-electron chi connectivity index (χ0n) is 10.1. The number of aromatic carboxylic acids is 1. The van der Waals surface area contributed by atoms with Gasteiger partial charge in [-0.25, -0.2) is 13.6 Å². The Morgan fingerprint density at radius 2 is 1.85 bits per heavy atom. The van der Waals surface area contributed by atoms with Crippen LogP contribution in [0.2, 0.25) is 0 Å². The predicted octanol–water partition coefficient (Wildman–Crippen LogP) is 3.85. The van der Waals surface area contributed by atoms with Crippen LogP contribution in [0.15, 0.2) is 36.4 Å². The van der Waals surface area contributed by atoms with E-state index in [1.54, 1.807) is 6.07 Å². The summed E-state index contributed by atoms with van der Waals surface area (Å²) in [6.45, 7) is -0.376. The van der Waals surface area contributed by atoms with Crippen LogP contribution in [0.1, 0.15) is 15.9 Å². The number of halogens is 3. The highest BCUT2D eigenvalue weighted by Crippen LogP contribution is 2.23. The van der Waals surface area contributed by atoms with E-state index in [0.29, 0.717) is 0 Å². The fourth-order valence-corrected chi connectivity index (χ4v) is 2.11. The molecule has 0 aliphatic heterocycles. The van der Waals surface area contributed by atoms with Gasteiger partial charge in [0.15, 0.2) is 0 Å². The van der Waals surface area contributed by atoms with Crippen LogP contribution in [-0.4, -0.2) is 11.1 Å². The number of carboxylic acid groups (broad SMARTS) is 1. The summed E-state index contributed by atoms with van der Waals surface area (Å²) in [6, 6.07) is 8.03. The van der Waals surface area contributed by atoms with Gasteiger partial charge in [-0.1, -0.05) is 6.07 Å². The normalized spacial score (nSPS) is 10.3. The molecule has 0 spiro atoms. The summed E-state index contributed by atoms with van der Waals surface area (Å²) in [4.78, 5) is 11.1. The van der Waals surface area contributed by atoms with Crippen LogP contribution in [0.3, 0.4) is 0 Å². The molecule has 0 aliphatic rings. The third-order valence-corrected chi connectivity index (χ3v) is 3.28. The molecule has 2 aromatic rings. The van der Waals surface area contributed by atoms with Crippen LogP contribution >= 0.6 is 22.6 Å². The third-order valence-electron chi connectivity index (χ3n) is 2.61. The van der Waals surface area contributed by atoms with E-state index >= 15 is 0 Å². The van der Waals surface area contributed by atoms with Crippen LogP contribution in [0.4, 0.5) is 8.78 Å². The van der Waals surface area contributed by atoms with Crippen molar-refractivity contribution in [1.82, 2.24) is 0 Å². The van der Waals surface area contributed by atoms with Gasteiger partial charge in [0.25, 0.3) is 0 Å². The Balaban J connectivity index is 2.25. The molecule has 6 heteroatoms. The van der Waals surface area contributed by atoms with Gasteiger partial charge in [-0.15, -0.1) is 0 Å². The molecule has 0 saturated carbocycles. The summed E-state index contributed by atoms with van der Waals surface area (Å²) in [7, 11) is 0. The topological polar surface area (TPSA) is 46.5 Å². The fraction of sp³-hybridized carbons (Fsp3) is 0.0714. The molecule has 2 rings (SSSR count). The molecule has 0 saturated heterocycles. The monoisotopic (exact) mass is 390 g/mol. The van der Waals surface area contributed by atoms with Gasteiger partial charge in [0, 0.05) is 3.57 Å². The molecule has 0 fully saturated rings. The van der Waals surface area contributed by atoms with Crippen molar-refractivity contribution in [2.24, 2.45) is 0 Å². The van der Waals surface area contributed by atoms with Gasteiger partial charge in [-0.2, -0.15) is 0 Å². The zero-order valence-corrected chi connectivity index (χ0v) is 12.2. The highest BCUT2D eigenvalue weighted by atomic mass is 127. The first-order chi connectivity index (χ1) is 9.49. The Hall–Kier alpha value is -1.70. The second-order valence-electron chi connectivity index (χ2n) is 3.93. The van der Waals surface area contributed by atoms with E-state index in [2.05, 4.69) is 0 Å². The quantitative estimate of drug-likeness (QED) is 0.808. The van der Waals surface area contributed by atoms with E-state index < -0.39 is 17.6 Å². The molecule has 0 unspecified atom stereocenters. The Labute approximate surface area is 127 Å². The van der Waals surface area contributed by atoms with Crippen molar-refractivity contribution < 1.29 is 23.4 Å². The number of benzene rings is 2. The minimum Gasteiger partial charge on any atom is -0.488 e. The predicted molar refractivity (Wildman–Crippen MR) is 76.8 cm³/mol. The van der Waals surface area contributed by atoms with Gasteiger partial charge >= 0.3 is 5.97 Å². The first-order valence-electron chi connectivity index (χ1n) is 5.57. The number of carbonyl (C=O) groups is 1. The molecular weight excluding hydrogens is 381 g/mol. The van der Waals surface area contributed by atoms with E-state index in [4.69, 9.17) is 9.84 Å². The number of carboxylic acids is 1.